The molecular formula is C15H11BiS2. The van der Waals surface area contributed by atoms with Gasteiger partial charge in [0, 0.05) is 0 Å². The Bertz CT molecular complexity index is 666. The first kappa shape index (κ1) is 11.3. The van der Waals surface area contributed by atoms with Crippen molar-refractivity contribution in [1.82, 2.24) is 0 Å². The van der Waals surface area contributed by atoms with Crippen LogP contribution in [0.3, 0.4) is 0 Å². The Morgan fingerprint density at radius 1 is 0.778 bits per heavy atom. The van der Waals surface area contributed by atoms with Crippen LogP contribution in [0, 0.1) is 6.92 Å². The van der Waals surface area contributed by atoms with E-state index >= 15 is 0 Å². The number of hydrogen-bond donors (Lipinski definition) is 0. The number of thiophene rings is 2. The summed E-state index contributed by atoms with van der Waals surface area (Å²) in [6.07, 6.45) is 0. The van der Waals surface area contributed by atoms with Crippen LogP contribution in [0.4, 0.5) is 0 Å². The first-order chi connectivity index (χ1) is 8.84. The van der Waals surface area contributed by atoms with E-state index in [9.17, 15) is 0 Å². The molecule has 0 atom stereocenters. The molecule has 3 heteroatoms. The second-order valence-electron chi connectivity index (χ2n) is 4.44. The van der Waals surface area contributed by atoms with Gasteiger partial charge in [0.25, 0.3) is 0 Å². The zero-order valence-electron chi connectivity index (χ0n) is 9.88. The molecule has 0 saturated carbocycles. The predicted molar refractivity (Wildman–Crippen MR) is 83.5 cm³/mol. The van der Waals surface area contributed by atoms with Crippen LogP contribution in [0.25, 0.3) is 9.75 Å². The topological polar surface area (TPSA) is 0 Å². The van der Waals surface area contributed by atoms with Crippen molar-refractivity contribution in [2.24, 2.45) is 0 Å². The van der Waals surface area contributed by atoms with E-state index < -0.39 is 21.8 Å². The number of fused-ring (bicyclic) bond motifs is 3. The second kappa shape index (κ2) is 4.26. The molecule has 1 aliphatic rings. The quantitative estimate of drug-likeness (QED) is 0.380. The zero-order valence-corrected chi connectivity index (χ0v) is 15.0. The molecular weight excluding hydrogens is 453 g/mol. The van der Waals surface area contributed by atoms with Gasteiger partial charge in [0.15, 0.2) is 0 Å². The third-order valence-electron chi connectivity index (χ3n) is 3.27. The molecule has 0 nitrogen and oxygen atoms in total. The first-order valence-corrected chi connectivity index (χ1v) is 12.8. The summed E-state index contributed by atoms with van der Waals surface area (Å²) in [5.74, 6) is 0. The molecule has 0 saturated heterocycles. The Balaban J connectivity index is 1.94. The average molecular weight is 464 g/mol. The van der Waals surface area contributed by atoms with Gasteiger partial charge in [-0.25, -0.2) is 0 Å². The summed E-state index contributed by atoms with van der Waals surface area (Å²) in [5, 5.41) is 4.54. The van der Waals surface area contributed by atoms with E-state index in [2.05, 4.69) is 54.1 Å². The molecule has 0 N–H and O–H groups in total. The van der Waals surface area contributed by atoms with Crippen LogP contribution < -0.4 is 9.81 Å². The fourth-order valence-electron chi connectivity index (χ4n) is 2.40. The normalized spacial score (nSPS) is 13.6. The molecule has 0 fully saturated rings. The van der Waals surface area contributed by atoms with E-state index in [1.54, 1.807) is 19.6 Å². The van der Waals surface area contributed by atoms with E-state index in [0.717, 1.165) is 0 Å². The van der Waals surface area contributed by atoms with Crippen LogP contribution in [0.5, 0.6) is 0 Å². The Morgan fingerprint density at radius 3 is 1.89 bits per heavy atom. The van der Waals surface area contributed by atoms with Crippen molar-refractivity contribution in [3.63, 3.8) is 0 Å². The molecule has 0 aliphatic carbocycles. The Morgan fingerprint density at radius 2 is 1.33 bits per heavy atom. The minimum absolute atomic E-state index is 1.36. The summed E-state index contributed by atoms with van der Waals surface area (Å²) in [7, 11) is 0. The summed E-state index contributed by atoms with van der Waals surface area (Å²) in [6, 6.07) is 14.0. The van der Waals surface area contributed by atoms with E-state index in [1.807, 2.05) is 22.7 Å². The molecule has 1 aromatic carbocycles. The van der Waals surface area contributed by atoms with Gasteiger partial charge in [-0.1, -0.05) is 0 Å². The van der Waals surface area contributed by atoms with Crippen LogP contribution in [-0.2, 0) is 0 Å². The molecule has 0 radical (unpaired) electrons. The van der Waals surface area contributed by atoms with Crippen LogP contribution >= 0.6 is 22.7 Å². The van der Waals surface area contributed by atoms with Crippen LogP contribution in [0.1, 0.15) is 5.56 Å². The van der Waals surface area contributed by atoms with Crippen molar-refractivity contribution in [2.45, 2.75) is 6.92 Å². The summed E-state index contributed by atoms with van der Waals surface area (Å²) in [4.78, 5) is 3.14. The van der Waals surface area contributed by atoms with Gasteiger partial charge in [-0.15, -0.1) is 0 Å². The van der Waals surface area contributed by atoms with Crippen molar-refractivity contribution in [1.29, 1.82) is 0 Å². The molecule has 1 aliphatic heterocycles. The number of benzene rings is 1. The predicted octanol–water partition coefficient (Wildman–Crippen LogP) is 2.61. The number of rotatable bonds is 1. The fourth-order valence-corrected chi connectivity index (χ4v) is 17.6. The van der Waals surface area contributed by atoms with Gasteiger partial charge in [0.2, 0.25) is 0 Å². The van der Waals surface area contributed by atoms with Crippen molar-refractivity contribution in [2.75, 3.05) is 0 Å². The Kier molecular flexibility index (Phi) is 2.69. The van der Waals surface area contributed by atoms with E-state index in [4.69, 9.17) is 0 Å². The Hall–Kier alpha value is -0.497. The number of hydrogen-bond acceptors (Lipinski definition) is 2. The van der Waals surface area contributed by atoms with Gasteiger partial charge >= 0.3 is 124 Å². The molecule has 18 heavy (non-hydrogen) atoms. The van der Waals surface area contributed by atoms with Gasteiger partial charge in [0.05, 0.1) is 0 Å². The monoisotopic (exact) mass is 464 g/mol. The molecule has 3 aromatic rings. The molecule has 0 unspecified atom stereocenters. The maximum atomic E-state index is 2.38. The second-order valence-corrected chi connectivity index (χ2v) is 14.6. The van der Waals surface area contributed by atoms with Crippen molar-refractivity contribution < 1.29 is 0 Å². The van der Waals surface area contributed by atoms with Gasteiger partial charge < -0.3 is 0 Å². The van der Waals surface area contributed by atoms with Gasteiger partial charge in [-0.05, 0) is 0 Å². The van der Waals surface area contributed by atoms with Gasteiger partial charge in [-0.3, -0.25) is 0 Å². The molecule has 0 bridgehead atoms. The first-order valence-electron chi connectivity index (χ1n) is 5.87. The van der Waals surface area contributed by atoms with Gasteiger partial charge in [-0.2, -0.15) is 0 Å². The SMILES string of the molecule is Cc1cc[c]([Bi]2[c]3ccsc3-c3scc[c]32)cc1. The van der Waals surface area contributed by atoms with E-state index in [-0.39, 0.29) is 0 Å². The van der Waals surface area contributed by atoms with Crippen LogP contribution in [0.2, 0.25) is 0 Å². The van der Waals surface area contributed by atoms with Crippen LogP contribution in [-0.4, -0.2) is 21.8 Å². The molecule has 0 spiro atoms. The Labute approximate surface area is 123 Å². The van der Waals surface area contributed by atoms with E-state index in [1.165, 1.54) is 5.56 Å². The molecule has 2 aromatic heterocycles. The van der Waals surface area contributed by atoms with Crippen molar-refractivity contribution >= 4 is 54.2 Å². The van der Waals surface area contributed by atoms with Crippen LogP contribution in [0.15, 0.2) is 47.2 Å². The fraction of sp³-hybridized carbons (Fsp3) is 0.0667. The summed E-state index contributed by atoms with van der Waals surface area (Å²) < 4.78 is 5.01. The van der Waals surface area contributed by atoms with Gasteiger partial charge in [0.1, 0.15) is 0 Å². The summed E-state index contributed by atoms with van der Waals surface area (Å²) in [5.41, 5.74) is 1.36. The average Bonchev–Trinajstić information content (AvgIpc) is 3.03. The molecule has 3 heterocycles. The third kappa shape index (κ3) is 1.57. The third-order valence-corrected chi connectivity index (χ3v) is 16.3. The van der Waals surface area contributed by atoms with Crippen molar-refractivity contribution in [3.05, 3.63) is 52.7 Å². The molecule has 0 amide bonds. The molecule has 88 valence electrons. The summed E-state index contributed by atoms with van der Waals surface area (Å²) in [6.45, 7) is 2.17. The zero-order chi connectivity index (χ0) is 12.1. The van der Waals surface area contributed by atoms with Crippen molar-refractivity contribution in [3.8, 4) is 9.75 Å². The minimum atomic E-state index is -1.88. The number of aryl methyl sites for hydroxylation is 1. The standard InChI is InChI=1S/C8H4S2.C7H7.Bi/c1-3-7(9-5-1)8-4-2-6-10-8;1-7-5-3-2-4-6-7;/h1-2,5-6H;3-6H,1H3;. The van der Waals surface area contributed by atoms with E-state index in [0.29, 0.717) is 0 Å². The molecule has 4 rings (SSSR count). The summed E-state index contributed by atoms with van der Waals surface area (Å²) >= 11 is 1.97. The maximum absolute atomic E-state index is 2.38.